The average Bonchev–Trinajstić information content (AvgIpc) is 3.37. The number of rotatable bonds is 7. The Morgan fingerprint density at radius 1 is 1.06 bits per heavy atom. The first kappa shape index (κ1) is 21.6. The molecule has 2 heterocycles. The zero-order chi connectivity index (χ0) is 22.2. The molecular formula is C25H30N6O. The quantitative estimate of drug-likeness (QED) is 0.446. The van der Waals surface area contributed by atoms with Crippen molar-refractivity contribution in [2.45, 2.75) is 26.3 Å². The zero-order valence-corrected chi connectivity index (χ0v) is 18.5. The molecule has 7 heteroatoms. The number of benzene rings is 2. The standard InChI is InChI=1S/C25H30N6O/c1-2-26-25(27-15-12-20-8-10-23(11-9-20)31-16-5-14-29-31)28-18-24(32)30-17-13-21-6-3-4-7-22(21)19-30/h3-11,14,16H,2,12-13,15,17-19H2,1H3,(H2,26,27,28). The third kappa shape index (κ3) is 5.55. The van der Waals surface area contributed by atoms with Gasteiger partial charge in [0, 0.05) is 38.6 Å². The van der Waals surface area contributed by atoms with E-state index in [0.29, 0.717) is 12.5 Å². The summed E-state index contributed by atoms with van der Waals surface area (Å²) < 4.78 is 1.84. The smallest absolute Gasteiger partial charge is 0.244 e. The second kappa shape index (κ2) is 10.6. The molecule has 0 atom stereocenters. The number of aromatic nitrogens is 2. The van der Waals surface area contributed by atoms with Crippen molar-refractivity contribution >= 4 is 11.9 Å². The van der Waals surface area contributed by atoms with Crippen molar-refractivity contribution < 1.29 is 4.79 Å². The van der Waals surface area contributed by atoms with E-state index in [2.05, 4.69) is 63.2 Å². The van der Waals surface area contributed by atoms with E-state index in [0.717, 1.165) is 38.2 Å². The number of nitrogens with zero attached hydrogens (tertiary/aromatic N) is 4. The van der Waals surface area contributed by atoms with Crippen LogP contribution in [0.3, 0.4) is 0 Å². The molecule has 1 aliphatic rings. The second-order valence-corrected chi connectivity index (χ2v) is 7.82. The number of carbonyl (C=O) groups excluding carboxylic acids is 1. The van der Waals surface area contributed by atoms with Gasteiger partial charge in [0.1, 0.15) is 6.54 Å². The Bertz CT molecular complexity index is 1040. The molecule has 4 rings (SSSR count). The topological polar surface area (TPSA) is 74.6 Å². The second-order valence-electron chi connectivity index (χ2n) is 7.82. The van der Waals surface area contributed by atoms with Crippen LogP contribution in [-0.4, -0.2) is 52.7 Å². The molecule has 1 aliphatic heterocycles. The van der Waals surface area contributed by atoms with Gasteiger partial charge in [0.2, 0.25) is 5.91 Å². The van der Waals surface area contributed by atoms with Gasteiger partial charge in [-0.05, 0) is 54.7 Å². The molecular weight excluding hydrogens is 400 g/mol. The summed E-state index contributed by atoms with van der Waals surface area (Å²) in [5.74, 6) is 0.734. The number of aliphatic imine (C=N–C) groups is 1. The van der Waals surface area contributed by atoms with E-state index in [-0.39, 0.29) is 12.5 Å². The fraction of sp³-hybridized carbons (Fsp3) is 0.320. The predicted octanol–water partition coefficient (Wildman–Crippen LogP) is 2.55. The molecule has 0 saturated carbocycles. The number of nitrogens with one attached hydrogen (secondary N) is 2. The Balaban J connectivity index is 1.27. The maximum Gasteiger partial charge on any atom is 0.244 e. The predicted molar refractivity (Wildman–Crippen MR) is 127 cm³/mol. The van der Waals surface area contributed by atoms with Crippen LogP contribution in [0.4, 0.5) is 0 Å². The Labute approximate surface area is 189 Å². The minimum absolute atomic E-state index is 0.0610. The summed E-state index contributed by atoms with van der Waals surface area (Å²) in [5, 5.41) is 10.8. The van der Waals surface area contributed by atoms with E-state index in [1.807, 2.05) is 34.8 Å². The summed E-state index contributed by atoms with van der Waals surface area (Å²) in [6, 6.07) is 18.6. The number of guanidine groups is 1. The van der Waals surface area contributed by atoms with Gasteiger partial charge in [-0.2, -0.15) is 5.10 Å². The van der Waals surface area contributed by atoms with E-state index < -0.39 is 0 Å². The Hall–Kier alpha value is -3.61. The van der Waals surface area contributed by atoms with E-state index in [1.54, 1.807) is 6.20 Å². The average molecular weight is 431 g/mol. The summed E-state index contributed by atoms with van der Waals surface area (Å²) in [6.45, 7) is 5.07. The van der Waals surface area contributed by atoms with Gasteiger partial charge in [-0.1, -0.05) is 36.4 Å². The maximum atomic E-state index is 12.7. The highest BCUT2D eigenvalue weighted by Gasteiger charge is 2.19. The molecule has 2 aromatic carbocycles. The van der Waals surface area contributed by atoms with Crippen LogP contribution >= 0.6 is 0 Å². The van der Waals surface area contributed by atoms with Gasteiger partial charge in [0.15, 0.2) is 5.96 Å². The number of amides is 1. The lowest BCUT2D eigenvalue weighted by Crippen LogP contribution is -2.41. The van der Waals surface area contributed by atoms with Gasteiger partial charge in [0.05, 0.1) is 5.69 Å². The molecule has 32 heavy (non-hydrogen) atoms. The first-order chi connectivity index (χ1) is 15.7. The van der Waals surface area contributed by atoms with Crippen molar-refractivity contribution in [3.05, 3.63) is 83.7 Å². The van der Waals surface area contributed by atoms with E-state index in [9.17, 15) is 4.79 Å². The van der Waals surface area contributed by atoms with Gasteiger partial charge in [-0.3, -0.25) is 4.79 Å². The van der Waals surface area contributed by atoms with Gasteiger partial charge in [0.25, 0.3) is 0 Å². The molecule has 0 saturated heterocycles. The molecule has 0 aliphatic carbocycles. The first-order valence-electron chi connectivity index (χ1n) is 11.2. The lowest BCUT2D eigenvalue weighted by Gasteiger charge is -2.28. The van der Waals surface area contributed by atoms with Crippen LogP contribution in [0.25, 0.3) is 5.69 Å². The zero-order valence-electron chi connectivity index (χ0n) is 18.5. The monoisotopic (exact) mass is 430 g/mol. The minimum atomic E-state index is 0.0610. The van der Waals surface area contributed by atoms with Crippen LogP contribution < -0.4 is 10.6 Å². The molecule has 1 amide bonds. The van der Waals surface area contributed by atoms with Crippen LogP contribution in [0.2, 0.25) is 0 Å². The van der Waals surface area contributed by atoms with Crippen LogP contribution in [0.5, 0.6) is 0 Å². The molecule has 0 spiro atoms. The third-order valence-electron chi connectivity index (χ3n) is 5.61. The van der Waals surface area contributed by atoms with Gasteiger partial charge >= 0.3 is 0 Å². The molecule has 1 aromatic heterocycles. The lowest BCUT2D eigenvalue weighted by atomic mass is 10.00. The van der Waals surface area contributed by atoms with Crippen LogP contribution in [-0.2, 0) is 24.2 Å². The van der Waals surface area contributed by atoms with E-state index in [1.165, 1.54) is 16.7 Å². The van der Waals surface area contributed by atoms with Crippen LogP contribution in [0.15, 0.2) is 72.0 Å². The van der Waals surface area contributed by atoms with Crippen molar-refractivity contribution in [2.75, 3.05) is 26.2 Å². The maximum absolute atomic E-state index is 12.7. The van der Waals surface area contributed by atoms with Gasteiger partial charge in [-0.15, -0.1) is 0 Å². The number of carbonyl (C=O) groups is 1. The van der Waals surface area contributed by atoms with Gasteiger partial charge in [-0.25, -0.2) is 9.67 Å². The Morgan fingerprint density at radius 3 is 2.62 bits per heavy atom. The molecule has 3 aromatic rings. The molecule has 0 bridgehead atoms. The van der Waals surface area contributed by atoms with E-state index in [4.69, 9.17) is 0 Å². The Morgan fingerprint density at radius 2 is 1.88 bits per heavy atom. The molecule has 0 radical (unpaired) electrons. The summed E-state index contributed by atoms with van der Waals surface area (Å²) in [7, 11) is 0. The van der Waals surface area contributed by atoms with Crippen molar-refractivity contribution in [1.82, 2.24) is 25.3 Å². The van der Waals surface area contributed by atoms with Crippen molar-refractivity contribution in [3.63, 3.8) is 0 Å². The summed E-state index contributed by atoms with van der Waals surface area (Å²) >= 11 is 0. The molecule has 7 nitrogen and oxygen atoms in total. The van der Waals surface area contributed by atoms with Crippen LogP contribution in [0, 0.1) is 0 Å². The summed E-state index contributed by atoms with van der Waals surface area (Å²) in [5.41, 5.74) is 4.85. The highest BCUT2D eigenvalue weighted by atomic mass is 16.2. The molecule has 2 N–H and O–H groups in total. The molecule has 0 unspecified atom stereocenters. The molecule has 0 fully saturated rings. The summed E-state index contributed by atoms with van der Waals surface area (Å²) in [4.78, 5) is 19.1. The van der Waals surface area contributed by atoms with Crippen molar-refractivity contribution in [2.24, 2.45) is 4.99 Å². The van der Waals surface area contributed by atoms with E-state index >= 15 is 0 Å². The number of hydrogen-bond donors (Lipinski definition) is 2. The number of hydrogen-bond acceptors (Lipinski definition) is 3. The number of fused-ring (bicyclic) bond motifs is 1. The fourth-order valence-corrected chi connectivity index (χ4v) is 3.86. The normalized spacial score (nSPS) is 13.5. The van der Waals surface area contributed by atoms with Crippen molar-refractivity contribution in [1.29, 1.82) is 0 Å². The highest BCUT2D eigenvalue weighted by molar-refractivity contribution is 5.85. The van der Waals surface area contributed by atoms with Gasteiger partial charge < -0.3 is 15.5 Å². The van der Waals surface area contributed by atoms with Crippen LogP contribution in [0.1, 0.15) is 23.6 Å². The highest BCUT2D eigenvalue weighted by Crippen LogP contribution is 2.18. The SMILES string of the molecule is CCNC(=NCC(=O)N1CCc2ccccc2C1)NCCc1ccc(-n2cccn2)cc1. The Kier molecular flexibility index (Phi) is 7.17. The van der Waals surface area contributed by atoms with Crippen molar-refractivity contribution in [3.8, 4) is 5.69 Å². The third-order valence-corrected chi connectivity index (χ3v) is 5.61. The lowest BCUT2D eigenvalue weighted by molar-refractivity contribution is -0.130. The minimum Gasteiger partial charge on any atom is -0.357 e. The molecule has 166 valence electrons. The first-order valence-corrected chi connectivity index (χ1v) is 11.2. The largest absolute Gasteiger partial charge is 0.357 e. The fourth-order valence-electron chi connectivity index (χ4n) is 3.86. The summed E-state index contributed by atoms with van der Waals surface area (Å²) in [6.07, 6.45) is 5.47.